The van der Waals surface area contributed by atoms with Crippen molar-refractivity contribution in [1.29, 1.82) is 5.26 Å². The number of nitrogens with zero attached hydrogens (tertiary/aromatic N) is 1. The van der Waals surface area contributed by atoms with Crippen molar-refractivity contribution in [1.82, 2.24) is 0 Å². The minimum Gasteiger partial charge on any atom is -0.462 e. The average molecular weight is 272 g/mol. The minimum absolute atomic E-state index is 0.306. The Labute approximate surface area is 115 Å². The van der Waals surface area contributed by atoms with Crippen molar-refractivity contribution in [2.24, 2.45) is 0 Å². The second kappa shape index (κ2) is 5.55. The predicted molar refractivity (Wildman–Crippen MR) is 74.8 cm³/mol. The van der Waals surface area contributed by atoms with E-state index >= 15 is 0 Å². The number of anilines is 1. The fourth-order valence-electron chi connectivity index (χ4n) is 1.72. The van der Waals surface area contributed by atoms with Gasteiger partial charge in [-0.1, -0.05) is 12.1 Å². The zero-order valence-electron chi connectivity index (χ0n) is 10.3. The number of nitrogen functional groups attached to an aromatic ring is 1. The lowest BCUT2D eigenvalue weighted by Gasteiger charge is -2.05. The summed E-state index contributed by atoms with van der Waals surface area (Å²) in [6.45, 7) is 2.06. The molecule has 0 fully saturated rings. The topological polar surface area (TPSA) is 76.1 Å². The number of hydrogen-bond donors (Lipinski definition) is 1. The standard InChI is InChI=1S/C14H12N2O2S/c1-2-18-14(17)12-11(8-19-13(12)16)10-5-3-9(7-15)4-6-10/h3-6,8H,2,16H2,1H3. The van der Waals surface area contributed by atoms with E-state index in [-0.39, 0.29) is 0 Å². The van der Waals surface area contributed by atoms with E-state index in [2.05, 4.69) is 6.07 Å². The van der Waals surface area contributed by atoms with Crippen LogP contribution in [0.3, 0.4) is 0 Å². The van der Waals surface area contributed by atoms with Crippen LogP contribution in [0.2, 0.25) is 0 Å². The van der Waals surface area contributed by atoms with Crippen molar-refractivity contribution in [3.8, 4) is 17.2 Å². The number of nitriles is 1. The monoisotopic (exact) mass is 272 g/mol. The highest BCUT2D eigenvalue weighted by atomic mass is 32.1. The van der Waals surface area contributed by atoms with Crippen LogP contribution in [0.4, 0.5) is 5.00 Å². The van der Waals surface area contributed by atoms with E-state index in [0.717, 1.165) is 11.1 Å². The first-order valence-corrected chi connectivity index (χ1v) is 6.60. The number of thiophene rings is 1. The van der Waals surface area contributed by atoms with Crippen molar-refractivity contribution < 1.29 is 9.53 Å². The van der Waals surface area contributed by atoms with E-state index in [0.29, 0.717) is 22.7 Å². The number of carbonyl (C=O) groups is 1. The Hall–Kier alpha value is -2.32. The summed E-state index contributed by atoms with van der Waals surface area (Å²) in [5.41, 5.74) is 8.39. The second-order valence-electron chi connectivity index (χ2n) is 3.80. The first-order chi connectivity index (χ1) is 9.17. The summed E-state index contributed by atoms with van der Waals surface area (Å²) in [5.74, 6) is -0.416. The summed E-state index contributed by atoms with van der Waals surface area (Å²) >= 11 is 1.30. The molecule has 0 atom stereocenters. The molecule has 2 rings (SSSR count). The Morgan fingerprint density at radius 2 is 2.11 bits per heavy atom. The number of ether oxygens (including phenoxy) is 1. The zero-order chi connectivity index (χ0) is 13.8. The molecule has 1 heterocycles. The SMILES string of the molecule is CCOC(=O)c1c(-c2ccc(C#N)cc2)csc1N. The third-order valence-electron chi connectivity index (χ3n) is 2.62. The van der Waals surface area contributed by atoms with E-state index in [1.165, 1.54) is 11.3 Å². The van der Waals surface area contributed by atoms with Gasteiger partial charge in [0.1, 0.15) is 10.6 Å². The van der Waals surface area contributed by atoms with Crippen molar-refractivity contribution in [3.63, 3.8) is 0 Å². The molecule has 0 radical (unpaired) electrons. The molecule has 0 aliphatic rings. The molecule has 0 saturated carbocycles. The molecule has 0 aliphatic heterocycles. The van der Waals surface area contributed by atoms with Crippen molar-refractivity contribution >= 4 is 22.3 Å². The molecule has 0 spiro atoms. The highest BCUT2D eigenvalue weighted by Gasteiger charge is 2.19. The minimum atomic E-state index is -0.416. The van der Waals surface area contributed by atoms with Gasteiger partial charge in [0.15, 0.2) is 0 Å². The molecule has 0 amide bonds. The molecule has 19 heavy (non-hydrogen) atoms. The van der Waals surface area contributed by atoms with Crippen molar-refractivity contribution in [3.05, 3.63) is 40.8 Å². The number of carbonyl (C=O) groups excluding carboxylic acids is 1. The molecule has 1 aromatic heterocycles. The lowest BCUT2D eigenvalue weighted by molar-refractivity contribution is 0.0529. The summed E-state index contributed by atoms with van der Waals surface area (Å²) in [4.78, 5) is 11.9. The van der Waals surface area contributed by atoms with Gasteiger partial charge in [0.2, 0.25) is 0 Å². The average Bonchev–Trinajstić information content (AvgIpc) is 2.81. The quantitative estimate of drug-likeness (QED) is 0.871. The molecule has 4 nitrogen and oxygen atoms in total. The third-order valence-corrected chi connectivity index (χ3v) is 3.44. The number of esters is 1. The van der Waals surface area contributed by atoms with E-state index < -0.39 is 5.97 Å². The smallest absolute Gasteiger partial charge is 0.341 e. The predicted octanol–water partition coefficient (Wildman–Crippen LogP) is 3.05. The largest absolute Gasteiger partial charge is 0.462 e. The summed E-state index contributed by atoms with van der Waals surface area (Å²) < 4.78 is 5.01. The molecule has 0 unspecified atom stereocenters. The number of hydrogen-bond acceptors (Lipinski definition) is 5. The van der Waals surface area contributed by atoms with Crippen LogP contribution in [0, 0.1) is 11.3 Å². The molecule has 0 aliphatic carbocycles. The van der Waals surface area contributed by atoms with Gasteiger partial charge in [-0.3, -0.25) is 0 Å². The van der Waals surface area contributed by atoms with Crippen LogP contribution in [-0.2, 0) is 4.74 Å². The van der Waals surface area contributed by atoms with Crippen LogP contribution in [0.15, 0.2) is 29.6 Å². The van der Waals surface area contributed by atoms with Crippen LogP contribution >= 0.6 is 11.3 Å². The first-order valence-electron chi connectivity index (χ1n) is 5.72. The fourth-order valence-corrected chi connectivity index (χ4v) is 2.53. The molecule has 2 aromatic rings. The van der Waals surface area contributed by atoms with Gasteiger partial charge in [-0.25, -0.2) is 4.79 Å². The lowest BCUT2D eigenvalue weighted by Crippen LogP contribution is -2.07. The number of nitrogens with two attached hydrogens (primary N) is 1. The van der Waals surface area contributed by atoms with Crippen LogP contribution in [0.1, 0.15) is 22.8 Å². The third kappa shape index (κ3) is 2.59. The Morgan fingerprint density at radius 1 is 1.42 bits per heavy atom. The van der Waals surface area contributed by atoms with Gasteiger partial charge in [-0.05, 0) is 24.6 Å². The summed E-state index contributed by atoms with van der Waals surface area (Å²) in [6.07, 6.45) is 0. The van der Waals surface area contributed by atoms with Gasteiger partial charge < -0.3 is 10.5 Å². The molecule has 1 aromatic carbocycles. The summed E-state index contributed by atoms with van der Waals surface area (Å²) in [7, 11) is 0. The van der Waals surface area contributed by atoms with Gasteiger partial charge >= 0.3 is 5.97 Å². The van der Waals surface area contributed by atoms with Crippen LogP contribution < -0.4 is 5.73 Å². The van der Waals surface area contributed by atoms with Gasteiger partial charge in [-0.15, -0.1) is 11.3 Å². The van der Waals surface area contributed by atoms with Crippen molar-refractivity contribution in [2.75, 3.05) is 12.3 Å². The van der Waals surface area contributed by atoms with E-state index in [4.69, 9.17) is 15.7 Å². The lowest BCUT2D eigenvalue weighted by atomic mass is 10.0. The van der Waals surface area contributed by atoms with Gasteiger partial charge in [0, 0.05) is 10.9 Å². The molecule has 2 N–H and O–H groups in total. The number of rotatable bonds is 3. The van der Waals surface area contributed by atoms with Gasteiger partial charge in [-0.2, -0.15) is 5.26 Å². The zero-order valence-corrected chi connectivity index (χ0v) is 11.2. The van der Waals surface area contributed by atoms with Crippen LogP contribution in [0.5, 0.6) is 0 Å². The maximum Gasteiger partial charge on any atom is 0.341 e. The van der Waals surface area contributed by atoms with Crippen molar-refractivity contribution in [2.45, 2.75) is 6.92 Å². The van der Waals surface area contributed by atoms with Crippen LogP contribution in [0.25, 0.3) is 11.1 Å². The summed E-state index contributed by atoms with van der Waals surface area (Å²) in [5, 5.41) is 11.0. The summed E-state index contributed by atoms with van der Waals surface area (Å²) in [6, 6.07) is 9.06. The normalized spacial score (nSPS) is 9.89. The first kappa shape index (κ1) is 13.1. The maximum absolute atomic E-state index is 11.9. The Balaban J connectivity index is 2.45. The molecule has 96 valence electrons. The molecule has 0 bridgehead atoms. The number of benzene rings is 1. The van der Waals surface area contributed by atoms with Gasteiger partial charge in [0.25, 0.3) is 0 Å². The second-order valence-corrected chi connectivity index (χ2v) is 4.71. The van der Waals surface area contributed by atoms with Crippen LogP contribution in [-0.4, -0.2) is 12.6 Å². The maximum atomic E-state index is 11.9. The Kier molecular flexibility index (Phi) is 3.83. The Bertz CT molecular complexity index is 638. The van der Waals surface area contributed by atoms with E-state index in [1.807, 2.05) is 5.38 Å². The molecule has 5 heteroatoms. The van der Waals surface area contributed by atoms with Gasteiger partial charge in [0.05, 0.1) is 18.2 Å². The van der Waals surface area contributed by atoms with E-state index in [9.17, 15) is 4.79 Å². The van der Waals surface area contributed by atoms with E-state index in [1.54, 1.807) is 31.2 Å². The Morgan fingerprint density at radius 3 is 2.68 bits per heavy atom. The fraction of sp³-hybridized carbons (Fsp3) is 0.143. The highest BCUT2D eigenvalue weighted by molar-refractivity contribution is 7.14. The highest BCUT2D eigenvalue weighted by Crippen LogP contribution is 2.34. The molecule has 0 saturated heterocycles. The molecular weight excluding hydrogens is 260 g/mol. The molecular formula is C14H12N2O2S.